The van der Waals surface area contributed by atoms with Crippen molar-refractivity contribution in [1.82, 2.24) is 14.9 Å². The van der Waals surface area contributed by atoms with Crippen LogP contribution in [0.3, 0.4) is 0 Å². The normalized spacial score (nSPS) is 22.2. The molecule has 0 amide bonds. The van der Waals surface area contributed by atoms with Gasteiger partial charge in [-0.05, 0) is 77.6 Å². The van der Waals surface area contributed by atoms with Crippen molar-refractivity contribution >= 4 is 35.6 Å². The largest absolute Gasteiger partial charge is 0.491 e. The van der Waals surface area contributed by atoms with Crippen molar-refractivity contribution in [2.75, 3.05) is 64.9 Å². The summed E-state index contributed by atoms with van der Waals surface area (Å²) in [6.45, 7) is 16.5. The molecule has 4 aliphatic heterocycles. The fraction of sp³-hybridized carbons (Fsp3) is 0.556. The molecule has 0 radical (unpaired) electrons. The number of aromatic nitrogens is 2. The molecule has 8 rings (SSSR count). The van der Waals surface area contributed by atoms with Crippen molar-refractivity contribution in [1.29, 1.82) is 0 Å². The maximum atomic E-state index is 17.8. The molecular weight excluding hydrogens is 762 g/mol. The van der Waals surface area contributed by atoms with Gasteiger partial charge in [0.05, 0.1) is 29.1 Å². The summed E-state index contributed by atoms with van der Waals surface area (Å²) in [5.41, 5.74) is 4.96. The van der Waals surface area contributed by atoms with Crippen molar-refractivity contribution in [3.8, 4) is 40.1 Å². The van der Waals surface area contributed by atoms with Gasteiger partial charge < -0.3 is 28.6 Å². The smallest absolute Gasteiger partial charge is 0.319 e. The van der Waals surface area contributed by atoms with Gasteiger partial charge in [0.25, 0.3) is 0 Å². The highest BCUT2D eigenvalue weighted by molar-refractivity contribution is 6.90. The van der Waals surface area contributed by atoms with Crippen LogP contribution in [0.15, 0.2) is 30.3 Å². The number of methoxy groups -OCH3 is 1. The number of fused-ring (bicyclic) bond motifs is 4. The zero-order valence-corrected chi connectivity index (χ0v) is 35.7. The summed E-state index contributed by atoms with van der Waals surface area (Å²) in [6, 6.07) is 8.19. The van der Waals surface area contributed by atoms with Crippen LogP contribution in [0.4, 0.5) is 19.0 Å². The Morgan fingerprint density at radius 3 is 2.52 bits per heavy atom. The first kappa shape index (κ1) is 40.7. The first-order chi connectivity index (χ1) is 27.9. The van der Waals surface area contributed by atoms with E-state index in [0.717, 1.165) is 19.4 Å². The standard InChI is InChI=1S/C45H55F3N4O5Si/c1-27(2)58(28(3)4,29(5)6)18-12-34-37(47)10-9-30-19-33(57-26-53-7)20-35(39(30)34)36-21-38-40-42(41(36)48)49-44(56-25-45-13-8-14-51(45)23-31(46)22-45)50-43(40)52-15-17-54-16-11-32(52)24-55-38/h9-10,19-21,27-29,31-32H,8,11,13-17,22-26H2,1-7H3/t31-,32?,45+/m1/s1. The van der Waals surface area contributed by atoms with Crippen LogP contribution in [0.25, 0.3) is 32.8 Å². The molecule has 3 aromatic carbocycles. The topological polar surface area (TPSA) is 78.4 Å². The lowest BCUT2D eigenvalue weighted by atomic mass is 9.92. The first-order valence-corrected chi connectivity index (χ1v) is 23.0. The van der Waals surface area contributed by atoms with Crippen LogP contribution in [-0.2, 0) is 9.47 Å². The van der Waals surface area contributed by atoms with Gasteiger partial charge in [-0.15, -0.1) is 5.54 Å². The Morgan fingerprint density at radius 2 is 1.76 bits per heavy atom. The van der Waals surface area contributed by atoms with Gasteiger partial charge in [-0.3, -0.25) is 4.90 Å². The number of nitrogens with zero attached hydrogens (tertiary/aromatic N) is 4. The molecule has 0 bridgehead atoms. The van der Waals surface area contributed by atoms with Gasteiger partial charge in [-0.25, -0.2) is 13.2 Å². The number of hydrogen-bond acceptors (Lipinski definition) is 9. The Morgan fingerprint density at radius 1 is 0.966 bits per heavy atom. The molecule has 5 heterocycles. The third-order valence-electron chi connectivity index (χ3n) is 13.2. The molecule has 3 saturated heterocycles. The summed E-state index contributed by atoms with van der Waals surface area (Å²) in [6.07, 6.45) is 1.89. The second-order valence-electron chi connectivity index (χ2n) is 17.4. The van der Waals surface area contributed by atoms with E-state index in [4.69, 9.17) is 33.7 Å². The van der Waals surface area contributed by atoms with Crippen molar-refractivity contribution in [2.45, 2.75) is 102 Å². The van der Waals surface area contributed by atoms with Gasteiger partial charge in [-0.1, -0.05) is 53.5 Å². The average molecular weight is 817 g/mol. The predicted molar refractivity (Wildman–Crippen MR) is 223 cm³/mol. The molecule has 0 aliphatic carbocycles. The summed E-state index contributed by atoms with van der Waals surface area (Å²) in [7, 11) is -0.773. The molecule has 3 atom stereocenters. The molecule has 4 aliphatic rings. The van der Waals surface area contributed by atoms with Gasteiger partial charge in [0.1, 0.15) is 56.1 Å². The van der Waals surface area contributed by atoms with E-state index in [1.807, 2.05) is 0 Å². The molecule has 1 unspecified atom stereocenters. The Labute approximate surface area is 340 Å². The minimum atomic E-state index is -2.30. The van der Waals surface area contributed by atoms with Gasteiger partial charge in [0.15, 0.2) is 12.6 Å². The molecule has 310 valence electrons. The van der Waals surface area contributed by atoms with E-state index in [0.29, 0.717) is 101 Å². The molecule has 3 fully saturated rings. The molecule has 0 N–H and O–H groups in total. The van der Waals surface area contributed by atoms with Crippen molar-refractivity contribution in [2.24, 2.45) is 0 Å². The Balaban J connectivity index is 1.36. The molecule has 0 saturated carbocycles. The zero-order valence-electron chi connectivity index (χ0n) is 34.7. The number of ether oxygens (including phenoxy) is 5. The Hall–Kier alpha value is -4.09. The van der Waals surface area contributed by atoms with Gasteiger partial charge in [-0.2, -0.15) is 9.97 Å². The fourth-order valence-electron chi connectivity index (χ4n) is 10.5. The zero-order chi connectivity index (χ0) is 40.9. The van der Waals surface area contributed by atoms with E-state index in [2.05, 4.69) is 62.8 Å². The maximum absolute atomic E-state index is 17.8. The van der Waals surface area contributed by atoms with E-state index in [1.165, 1.54) is 13.2 Å². The second-order valence-corrected chi connectivity index (χ2v) is 23.0. The first-order valence-electron chi connectivity index (χ1n) is 20.8. The third-order valence-corrected chi connectivity index (χ3v) is 19.5. The molecule has 1 aromatic heterocycles. The SMILES string of the molecule is COCOc1cc(-c2cc3c4c(nc(OC[C@@]56CCCN5C[C@H](F)C6)nc4c2F)N2CCOCCC2CO3)c2c(C#C[Si](C(C)C)(C(C)C)C(C)C)c(F)ccc2c1. The molecular formula is C45H55F3N4O5Si. The number of anilines is 1. The van der Waals surface area contributed by atoms with E-state index in [-0.39, 0.29) is 42.1 Å². The van der Waals surface area contributed by atoms with E-state index in [1.54, 1.807) is 24.3 Å². The Bertz CT molecular complexity index is 2240. The fourth-order valence-corrected chi connectivity index (χ4v) is 15.7. The summed E-state index contributed by atoms with van der Waals surface area (Å²) in [5, 5.41) is 1.53. The average Bonchev–Trinajstić information content (AvgIpc) is 3.54. The maximum Gasteiger partial charge on any atom is 0.319 e. The summed E-state index contributed by atoms with van der Waals surface area (Å²) in [4.78, 5) is 14.0. The lowest BCUT2D eigenvalue weighted by Crippen LogP contribution is -2.43. The van der Waals surface area contributed by atoms with E-state index < -0.39 is 31.4 Å². The highest BCUT2D eigenvalue weighted by Crippen LogP contribution is 2.47. The Kier molecular flexibility index (Phi) is 11.3. The predicted octanol–water partition coefficient (Wildman–Crippen LogP) is 9.22. The van der Waals surface area contributed by atoms with Gasteiger partial charge in [0, 0.05) is 44.2 Å². The lowest BCUT2D eigenvalue weighted by Gasteiger charge is -2.38. The quantitative estimate of drug-likeness (QED) is 0.0885. The number of alkyl halides is 1. The number of halogens is 3. The van der Waals surface area contributed by atoms with Gasteiger partial charge >= 0.3 is 6.01 Å². The number of hydrogen-bond donors (Lipinski definition) is 0. The van der Waals surface area contributed by atoms with E-state index >= 15 is 8.78 Å². The van der Waals surface area contributed by atoms with Crippen molar-refractivity contribution < 1.29 is 36.9 Å². The molecule has 0 spiro atoms. The van der Waals surface area contributed by atoms with Gasteiger partial charge in [0.2, 0.25) is 0 Å². The minimum Gasteiger partial charge on any atom is -0.491 e. The molecule has 13 heteroatoms. The monoisotopic (exact) mass is 816 g/mol. The minimum absolute atomic E-state index is 0.0100. The van der Waals surface area contributed by atoms with Crippen LogP contribution < -0.4 is 19.1 Å². The number of benzene rings is 3. The van der Waals surface area contributed by atoms with Crippen molar-refractivity contribution in [3.05, 3.63) is 47.5 Å². The summed E-state index contributed by atoms with van der Waals surface area (Å²) in [5.74, 6) is 3.56. The highest BCUT2D eigenvalue weighted by atomic mass is 28.3. The molecule has 9 nitrogen and oxygen atoms in total. The van der Waals surface area contributed by atoms with Crippen LogP contribution in [0, 0.1) is 23.1 Å². The van der Waals surface area contributed by atoms with Crippen LogP contribution >= 0.6 is 0 Å². The second kappa shape index (κ2) is 16.2. The van der Waals surface area contributed by atoms with Crippen LogP contribution in [0.2, 0.25) is 16.6 Å². The number of rotatable bonds is 10. The summed E-state index contributed by atoms with van der Waals surface area (Å²) >= 11 is 0. The van der Waals surface area contributed by atoms with Crippen LogP contribution in [-0.4, -0.2) is 101 Å². The molecule has 58 heavy (non-hydrogen) atoms. The summed E-state index contributed by atoms with van der Waals surface area (Å²) < 4.78 is 79.0. The van der Waals surface area contributed by atoms with Crippen LogP contribution in [0.1, 0.15) is 72.8 Å². The highest BCUT2D eigenvalue weighted by Gasteiger charge is 2.49. The third kappa shape index (κ3) is 7.07. The van der Waals surface area contributed by atoms with E-state index in [9.17, 15) is 4.39 Å². The van der Waals surface area contributed by atoms with Crippen LogP contribution in [0.5, 0.6) is 17.5 Å². The molecule has 4 aromatic rings. The lowest BCUT2D eigenvalue weighted by molar-refractivity contribution is 0.0512. The van der Waals surface area contributed by atoms with Crippen molar-refractivity contribution in [3.63, 3.8) is 0 Å².